The lowest BCUT2D eigenvalue weighted by Gasteiger charge is -2.32. The zero-order chi connectivity index (χ0) is 15.6. The van der Waals surface area contributed by atoms with Crippen molar-refractivity contribution in [2.45, 2.75) is 17.9 Å². The topological polar surface area (TPSA) is 72.9 Å². The Morgan fingerprint density at radius 2 is 2.19 bits per heavy atom. The summed E-state index contributed by atoms with van der Waals surface area (Å²) >= 11 is 6.01. The van der Waals surface area contributed by atoms with Gasteiger partial charge in [0.15, 0.2) is 0 Å². The normalized spacial score (nSPS) is 20.2. The average Bonchev–Trinajstić information content (AvgIpc) is 2.47. The Bertz CT molecular complexity index is 646. The minimum absolute atomic E-state index is 0.0707. The van der Waals surface area contributed by atoms with Crippen molar-refractivity contribution in [1.29, 1.82) is 0 Å². The maximum absolute atomic E-state index is 12.7. The van der Waals surface area contributed by atoms with Crippen LogP contribution >= 0.6 is 11.6 Å². The van der Waals surface area contributed by atoms with Gasteiger partial charge >= 0.3 is 5.97 Å². The van der Waals surface area contributed by atoms with Crippen molar-refractivity contribution in [2.24, 2.45) is 0 Å². The highest BCUT2D eigenvalue weighted by Gasteiger charge is 2.33. The van der Waals surface area contributed by atoms with Gasteiger partial charge in [0.1, 0.15) is 4.90 Å². The van der Waals surface area contributed by atoms with E-state index in [1.165, 1.54) is 29.6 Å². The Morgan fingerprint density at radius 1 is 1.48 bits per heavy atom. The molecule has 1 saturated heterocycles. The van der Waals surface area contributed by atoms with Gasteiger partial charge in [-0.1, -0.05) is 11.6 Å². The van der Waals surface area contributed by atoms with Crippen LogP contribution in [0.5, 0.6) is 0 Å². The smallest absolute Gasteiger partial charge is 0.337 e. The molecule has 1 aromatic carbocycles. The number of morpholine rings is 1. The van der Waals surface area contributed by atoms with E-state index in [4.69, 9.17) is 16.3 Å². The van der Waals surface area contributed by atoms with Crippen LogP contribution in [0.1, 0.15) is 17.3 Å². The van der Waals surface area contributed by atoms with Gasteiger partial charge in [0.05, 0.1) is 30.9 Å². The van der Waals surface area contributed by atoms with Gasteiger partial charge in [-0.05, 0) is 25.1 Å². The molecule has 0 bridgehead atoms. The molecule has 1 aliphatic rings. The molecule has 1 aromatic rings. The summed E-state index contributed by atoms with van der Waals surface area (Å²) < 4.78 is 36.6. The summed E-state index contributed by atoms with van der Waals surface area (Å²) in [6, 6.07) is 3.76. The van der Waals surface area contributed by atoms with E-state index in [1.54, 1.807) is 6.92 Å². The third-order valence-corrected chi connectivity index (χ3v) is 5.74. The maximum Gasteiger partial charge on any atom is 0.337 e. The lowest BCUT2D eigenvalue weighted by atomic mass is 10.2. The van der Waals surface area contributed by atoms with Gasteiger partial charge in [0, 0.05) is 12.6 Å². The van der Waals surface area contributed by atoms with Gasteiger partial charge in [0.2, 0.25) is 10.0 Å². The van der Waals surface area contributed by atoms with Crippen molar-refractivity contribution in [3.05, 3.63) is 28.8 Å². The van der Waals surface area contributed by atoms with E-state index in [0.29, 0.717) is 13.2 Å². The first kappa shape index (κ1) is 16.2. The molecule has 0 saturated carbocycles. The molecular formula is C13H16ClNO5S. The average molecular weight is 334 g/mol. The predicted octanol–water partition coefficient (Wildman–Crippen LogP) is 1.54. The van der Waals surface area contributed by atoms with Gasteiger partial charge in [-0.2, -0.15) is 4.31 Å². The quantitative estimate of drug-likeness (QED) is 0.784. The SMILES string of the molecule is COC(=O)c1ccc(Cl)c(S(=O)(=O)N2CCOC[C@H]2C)c1. The molecule has 1 fully saturated rings. The number of nitrogens with zero attached hydrogens (tertiary/aromatic N) is 1. The predicted molar refractivity (Wildman–Crippen MR) is 77.0 cm³/mol. The lowest BCUT2D eigenvalue weighted by molar-refractivity contribution is 0.0392. The molecule has 0 aromatic heterocycles. The molecule has 6 nitrogen and oxygen atoms in total. The van der Waals surface area contributed by atoms with Crippen LogP contribution in [-0.2, 0) is 19.5 Å². The number of sulfonamides is 1. The molecule has 0 radical (unpaired) electrons. The monoisotopic (exact) mass is 333 g/mol. The fraction of sp³-hybridized carbons (Fsp3) is 0.462. The van der Waals surface area contributed by atoms with Crippen molar-refractivity contribution < 1.29 is 22.7 Å². The van der Waals surface area contributed by atoms with Crippen molar-refractivity contribution in [2.75, 3.05) is 26.9 Å². The van der Waals surface area contributed by atoms with E-state index in [0.717, 1.165) is 0 Å². The maximum atomic E-state index is 12.7. The molecule has 8 heteroatoms. The van der Waals surface area contributed by atoms with Crippen molar-refractivity contribution >= 4 is 27.6 Å². The van der Waals surface area contributed by atoms with Crippen molar-refractivity contribution in [3.63, 3.8) is 0 Å². The molecule has 0 amide bonds. The number of rotatable bonds is 3. The fourth-order valence-corrected chi connectivity index (χ4v) is 4.24. The second kappa shape index (κ2) is 6.31. The minimum Gasteiger partial charge on any atom is -0.465 e. The first-order valence-electron chi connectivity index (χ1n) is 6.35. The molecule has 1 heterocycles. The number of benzene rings is 1. The summed E-state index contributed by atoms with van der Waals surface area (Å²) in [7, 11) is -2.56. The highest BCUT2D eigenvalue weighted by atomic mass is 35.5. The Balaban J connectivity index is 2.46. The van der Waals surface area contributed by atoms with E-state index in [-0.39, 0.29) is 28.1 Å². The number of halogens is 1. The Hall–Kier alpha value is -1.15. The van der Waals surface area contributed by atoms with Crippen LogP contribution in [0, 0.1) is 0 Å². The van der Waals surface area contributed by atoms with Crippen LogP contribution in [-0.4, -0.2) is 51.6 Å². The number of hydrogen-bond acceptors (Lipinski definition) is 5. The molecule has 0 aliphatic carbocycles. The first-order chi connectivity index (χ1) is 9.87. The second-order valence-corrected chi connectivity index (χ2v) is 6.94. The molecule has 2 rings (SSSR count). The van der Waals surface area contributed by atoms with Crippen LogP contribution in [0.4, 0.5) is 0 Å². The van der Waals surface area contributed by atoms with Crippen LogP contribution in [0.2, 0.25) is 5.02 Å². The second-order valence-electron chi connectivity index (χ2n) is 4.68. The van der Waals surface area contributed by atoms with Crippen molar-refractivity contribution in [1.82, 2.24) is 4.31 Å². The van der Waals surface area contributed by atoms with E-state index < -0.39 is 16.0 Å². The summed E-state index contributed by atoms with van der Waals surface area (Å²) in [5.41, 5.74) is 0.140. The van der Waals surface area contributed by atoms with Crippen LogP contribution in [0.25, 0.3) is 0 Å². The number of ether oxygens (including phenoxy) is 2. The summed E-state index contributed by atoms with van der Waals surface area (Å²) in [6.07, 6.45) is 0. The van der Waals surface area contributed by atoms with Gasteiger partial charge in [-0.3, -0.25) is 0 Å². The zero-order valence-corrected chi connectivity index (χ0v) is 13.3. The van der Waals surface area contributed by atoms with Crippen LogP contribution < -0.4 is 0 Å². The summed E-state index contributed by atoms with van der Waals surface area (Å²) in [4.78, 5) is 11.5. The number of carbonyl (C=O) groups is 1. The van der Waals surface area contributed by atoms with Crippen LogP contribution in [0.3, 0.4) is 0 Å². The third-order valence-electron chi connectivity index (χ3n) is 3.25. The first-order valence-corrected chi connectivity index (χ1v) is 8.17. The molecule has 0 spiro atoms. The van der Waals surface area contributed by atoms with Gasteiger partial charge < -0.3 is 9.47 Å². The highest BCUT2D eigenvalue weighted by molar-refractivity contribution is 7.89. The summed E-state index contributed by atoms with van der Waals surface area (Å²) in [5.74, 6) is -0.613. The molecule has 21 heavy (non-hydrogen) atoms. The molecular weight excluding hydrogens is 318 g/mol. The fourth-order valence-electron chi connectivity index (χ4n) is 2.14. The Labute approximate surface area is 128 Å². The minimum atomic E-state index is -3.79. The molecule has 116 valence electrons. The lowest BCUT2D eigenvalue weighted by Crippen LogP contribution is -2.47. The van der Waals surface area contributed by atoms with E-state index in [1.807, 2.05) is 0 Å². The standard InChI is InChI=1S/C13H16ClNO5S/c1-9-8-20-6-5-15(9)21(17,18)12-7-10(13(16)19-2)3-4-11(12)14/h3-4,7,9H,5-6,8H2,1-2H3/t9-/m1/s1. The van der Waals surface area contributed by atoms with Gasteiger partial charge in [-0.25, -0.2) is 13.2 Å². The van der Waals surface area contributed by atoms with E-state index in [9.17, 15) is 13.2 Å². The number of methoxy groups -OCH3 is 1. The van der Waals surface area contributed by atoms with E-state index in [2.05, 4.69) is 4.74 Å². The molecule has 0 N–H and O–H groups in total. The highest BCUT2D eigenvalue weighted by Crippen LogP contribution is 2.28. The summed E-state index contributed by atoms with van der Waals surface area (Å²) in [5, 5.41) is 0.0707. The Kier molecular flexibility index (Phi) is 4.88. The molecule has 1 atom stereocenters. The van der Waals surface area contributed by atoms with Gasteiger partial charge in [-0.15, -0.1) is 0 Å². The zero-order valence-electron chi connectivity index (χ0n) is 11.7. The number of hydrogen-bond donors (Lipinski definition) is 0. The largest absolute Gasteiger partial charge is 0.465 e. The van der Waals surface area contributed by atoms with Crippen LogP contribution in [0.15, 0.2) is 23.1 Å². The molecule has 1 aliphatic heterocycles. The third kappa shape index (κ3) is 3.21. The Morgan fingerprint density at radius 3 is 2.81 bits per heavy atom. The number of carbonyl (C=O) groups excluding carboxylic acids is 1. The summed E-state index contributed by atoms with van der Waals surface area (Å²) in [6.45, 7) is 2.67. The van der Waals surface area contributed by atoms with E-state index >= 15 is 0 Å². The molecule has 0 unspecified atom stereocenters. The number of esters is 1. The van der Waals surface area contributed by atoms with Crippen molar-refractivity contribution in [3.8, 4) is 0 Å². The van der Waals surface area contributed by atoms with Gasteiger partial charge in [0.25, 0.3) is 0 Å².